The number of benzene rings is 1. The van der Waals surface area contributed by atoms with E-state index in [0.717, 1.165) is 16.9 Å². The Labute approximate surface area is 173 Å². The molecule has 1 aromatic carbocycles. The summed E-state index contributed by atoms with van der Waals surface area (Å²) in [5.41, 5.74) is 2.11. The van der Waals surface area contributed by atoms with E-state index in [-0.39, 0.29) is 18.0 Å². The summed E-state index contributed by atoms with van der Waals surface area (Å²) in [7, 11) is -1.92. The lowest BCUT2D eigenvalue weighted by molar-refractivity contribution is 0.0947. The van der Waals surface area contributed by atoms with Crippen molar-refractivity contribution in [1.29, 1.82) is 0 Å². The number of methoxy groups -OCH3 is 1. The van der Waals surface area contributed by atoms with Crippen molar-refractivity contribution in [1.82, 2.24) is 14.8 Å². The number of hydrogen-bond acceptors (Lipinski definition) is 7. The van der Waals surface area contributed by atoms with Crippen LogP contribution in [0, 0.1) is 0 Å². The molecule has 9 nitrogen and oxygen atoms in total. The Kier molecular flexibility index (Phi) is 5.60. The molecule has 30 heavy (non-hydrogen) atoms. The fraction of sp³-hybridized carbons (Fsp3) is 0.300. The summed E-state index contributed by atoms with van der Waals surface area (Å²) in [6.45, 7) is 0.674. The molecule has 1 N–H and O–H groups in total. The van der Waals surface area contributed by atoms with Crippen molar-refractivity contribution in [2.24, 2.45) is 0 Å². The van der Waals surface area contributed by atoms with Gasteiger partial charge in [-0.15, -0.1) is 0 Å². The van der Waals surface area contributed by atoms with Crippen LogP contribution in [-0.2, 0) is 23.0 Å². The lowest BCUT2D eigenvalue weighted by Gasteiger charge is -2.28. The Morgan fingerprint density at radius 2 is 2.10 bits per heavy atom. The van der Waals surface area contributed by atoms with E-state index >= 15 is 0 Å². The first-order valence-corrected chi connectivity index (χ1v) is 11.0. The van der Waals surface area contributed by atoms with Gasteiger partial charge in [-0.3, -0.25) is 4.79 Å². The Morgan fingerprint density at radius 3 is 2.87 bits per heavy atom. The summed E-state index contributed by atoms with van der Waals surface area (Å²) in [5.74, 6) is 0.819. The van der Waals surface area contributed by atoms with Gasteiger partial charge in [-0.2, -0.15) is 4.31 Å². The van der Waals surface area contributed by atoms with Gasteiger partial charge < -0.3 is 19.0 Å². The number of furan rings is 1. The molecular formula is C20H21N3O6S. The lowest BCUT2D eigenvalue weighted by atomic mass is 10.0. The molecular weight excluding hydrogens is 410 g/mol. The van der Waals surface area contributed by atoms with Crippen LogP contribution in [0.4, 0.5) is 0 Å². The summed E-state index contributed by atoms with van der Waals surface area (Å²) >= 11 is 0. The van der Waals surface area contributed by atoms with Gasteiger partial charge in [0.1, 0.15) is 5.75 Å². The first-order valence-electron chi connectivity index (χ1n) is 9.39. The number of aromatic nitrogens is 1. The van der Waals surface area contributed by atoms with Crippen LogP contribution >= 0.6 is 0 Å². The maximum absolute atomic E-state index is 12.7. The Hall–Kier alpha value is -3.11. The highest BCUT2D eigenvalue weighted by molar-refractivity contribution is 7.89. The molecule has 0 saturated carbocycles. The van der Waals surface area contributed by atoms with E-state index in [0.29, 0.717) is 31.0 Å². The molecule has 10 heteroatoms. The minimum absolute atomic E-state index is 0.0317. The van der Waals surface area contributed by atoms with Crippen LogP contribution in [0.3, 0.4) is 0 Å². The topological polar surface area (TPSA) is 115 Å². The summed E-state index contributed by atoms with van der Waals surface area (Å²) in [6, 6.07) is 10.5. The van der Waals surface area contributed by atoms with Crippen molar-refractivity contribution in [2.45, 2.75) is 13.0 Å². The van der Waals surface area contributed by atoms with Crippen molar-refractivity contribution < 1.29 is 26.9 Å². The average molecular weight is 431 g/mol. The van der Waals surface area contributed by atoms with Crippen LogP contribution in [-0.4, -0.2) is 49.7 Å². The van der Waals surface area contributed by atoms with Gasteiger partial charge in [-0.05, 0) is 41.8 Å². The number of nitrogens with zero attached hydrogens (tertiary/aromatic N) is 2. The molecule has 0 atom stereocenters. The third kappa shape index (κ3) is 4.24. The molecule has 3 heterocycles. The SMILES string of the molecule is COc1ccc2c(c1)CCN(S(=O)(=O)CCNC(=O)c1cc(-c3ccco3)on1)C2. The molecule has 0 aliphatic carbocycles. The van der Waals surface area contributed by atoms with E-state index in [2.05, 4.69) is 10.5 Å². The maximum atomic E-state index is 12.7. The van der Waals surface area contributed by atoms with E-state index in [4.69, 9.17) is 13.7 Å². The zero-order chi connectivity index (χ0) is 21.1. The van der Waals surface area contributed by atoms with Gasteiger partial charge in [0.15, 0.2) is 11.5 Å². The number of carbonyl (C=O) groups excluding carboxylic acids is 1. The number of ether oxygens (including phenoxy) is 1. The van der Waals surface area contributed by atoms with Crippen LogP contribution < -0.4 is 10.1 Å². The second kappa shape index (κ2) is 8.33. The number of nitrogens with one attached hydrogen (secondary N) is 1. The van der Waals surface area contributed by atoms with Crippen molar-refractivity contribution in [3.05, 3.63) is 59.5 Å². The van der Waals surface area contributed by atoms with Crippen molar-refractivity contribution >= 4 is 15.9 Å². The molecule has 1 amide bonds. The van der Waals surface area contributed by atoms with E-state index in [1.54, 1.807) is 19.2 Å². The first kappa shape index (κ1) is 20.2. The highest BCUT2D eigenvalue weighted by Crippen LogP contribution is 2.25. The summed E-state index contributed by atoms with van der Waals surface area (Å²) in [6.07, 6.45) is 2.10. The second-order valence-corrected chi connectivity index (χ2v) is 8.93. The van der Waals surface area contributed by atoms with Crippen LogP contribution in [0.15, 0.2) is 51.6 Å². The predicted molar refractivity (Wildman–Crippen MR) is 107 cm³/mol. The quantitative estimate of drug-likeness (QED) is 0.609. The zero-order valence-electron chi connectivity index (χ0n) is 16.3. The number of hydrogen-bond donors (Lipinski definition) is 1. The Balaban J connectivity index is 1.32. The molecule has 0 unspecified atom stereocenters. The van der Waals surface area contributed by atoms with Gasteiger partial charge in [-0.1, -0.05) is 11.2 Å². The van der Waals surface area contributed by atoms with E-state index in [1.807, 2.05) is 18.2 Å². The predicted octanol–water partition coefficient (Wildman–Crippen LogP) is 2.06. The monoisotopic (exact) mass is 431 g/mol. The smallest absolute Gasteiger partial charge is 0.273 e. The van der Waals surface area contributed by atoms with Crippen LogP contribution in [0.2, 0.25) is 0 Å². The van der Waals surface area contributed by atoms with Crippen LogP contribution in [0.25, 0.3) is 11.5 Å². The number of carbonyl (C=O) groups is 1. The van der Waals surface area contributed by atoms with Crippen LogP contribution in [0.1, 0.15) is 21.6 Å². The highest BCUT2D eigenvalue weighted by Gasteiger charge is 2.27. The molecule has 0 bridgehead atoms. The number of fused-ring (bicyclic) bond motifs is 1. The lowest BCUT2D eigenvalue weighted by Crippen LogP contribution is -2.40. The van der Waals surface area contributed by atoms with Gasteiger partial charge in [-0.25, -0.2) is 8.42 Å². The molecule has 3 aromatic rings. The van der Waals surface area contributed by atoms with Gasteiger partial charge >= 0.3 is 0 Å². The molecule has 0 saturated heterocycles. The molecule has 4 rings (SSSR count). The van der Waals surface area contributed by atoms with Crippen molar-refractivity contribution in [2.75, 3.05) is 26.0 Å². The third-order valence-electron chi connectivity index (χ3n) is 4.94. The molecule has 1 aliphatic heterocycles. The minimum Gasteiger partial charge on any atom is -0.497 e. The third-order valence-corrected chi connectivity index (χ3v) is 6.75. The summed E-state index contributed by atoms with van der Waals surface area (Å²) in [5, 5.41) is 6.27. The number of rotatable bonds is 7. The molecule has 2 aromatic heterocycles. The zero-order valence-corrected chi connectivity index (χ0v) is 17.1. The number of amides is 1. The van der Waals surface area contributed by atoms with Crippen LogP contribution in [0.5, 0.6) is 5.75 Å². The van der Waals surface area contributed by atoms with Crippen molar-refractivity contribution in [3.63, 3.8) is 0 Å². The Bertz CT molecular complexity index is 1140. The van der Waals surface area contributed by atoms with Gasteiger partial charge in [0.05, 0.1) is 19.1 Å². The Morgan fingerprint density at radius 1 is 1.23 bits per heavy atom. The standard InChI is InChI=1S/C20H21N3O6S/c1-27-16-5-4-15-13-23(8-6-14(15)11-16)30(25,26)10-7-21-20(24)17-12-19(29-22-17)18-3-2-9-28-18/h2-5,9,11-12H,6-8,10,13H2,1H3,(H,21,24). The first-order chi connectivity index (χ1) is 14.5. The van der Waals surface area contributed by atoms with E-state index in [9.17, 15) is 13.2 Å². The normalized spacial score (nSPS) is 14.3. The van der Waals surface area contributed by atoms with Gasteiger partial charge in [0, 0.05) is 25.7 Å². The van der Waals surface area contributed by atoms with Gasteiger partial charge in [0.2, 0.25) is 15.8 Å². The maximum Gasteiger partial charge on any atom is 0.273 e. The van der Waals surface area contributed by atoms with Crippen molar-refractivity contribution in [3.8, 4) is 17.3 Å². The summed E-state index contributed by atoms with van der Waals surface area (Å²) < 4.78 is 42.3. The molecule has 1 aliphatic rings. The van der Waals surface area contributed by atoms with E-state index < -0.39 is 15.9 Å². The average Bonchev–Trinajstić information content (AvgIpc) is 3.44. The van der Waals surface area contributed by atoms with E-state index in [1.165, 1.54) is 16.6 Å². The fourth-order valence-electron chi connectivity index (χ4n) is 3.30. The largest absolute Gasteiger partial charge is 0.497 e. The molecule has 0 radical (unpaired) electrons. The summed E-state index contributed by atoms with van der Waals surface area (Å²) in [4.78, 5) is 12.2. The molecule has 0 spiro atoms. The minimum atomic E-state index is -3.52. The number of sulfonamides is 1. The molecule has 158 valence electrons. The van der Waals surface area contributed by atoms with Gasteiger partial charge in [0.25, 0.3) is 5.91 Å². The highest BCUT2D eigenvalue weighted by atomic mass is 32.2. The second-order valence-electron chi connectivity index (χ2n) is 6.84. The molecule has 0 fully saturated rings. The fourth-order valence-corrected chi connectivity index (χ4v) is 4.62.